The van der Waals surface area contributed by atoms with Crippen molar-refractivity contribution < 1.29 is 4.39 Å². The molecule has 0 radical (unpaired) electrons. The molecule has 0 bridgehead atoms. The first-order valence-corrected chi connectivity index (χ1v) is 13.4. The van der Waals surface area contributed by atoms with Gasteiger partial charge in [0.1, 0.15) is 5.82 Å². The van der Waals surface area contributed by atoms with Crippen LogP contribution in [-0.2, 0) is 6.42 Å². The molecule has 0 amide bonds. The van der Waals surface area contributed by atoms with Crippen molar-refractivity contribution in [2.45, 2.75) is 18.9 Å². The molecule has 3 aromatic carbocycles. The first kappa shape index (κ1) is 23.1. The average Bonchev–Trinajstić information content (AvgIpc) is 3.17. The number of benzene rings is 3. The Kier molecular flexibility index (Phi) is 5.77. The van der Waals surface area contributed by atoms with E-state index < -0.39 is 0 Å². The lowest BCUT2D eigenvalue weighted by Crippen LogP contribution is -2.38. The first-order chi connectivity index (χ1) is 17.4. The van der Waals surface area contributed by atoms with Crippen LogP contribution < -0.4 is 19.8 Å². The molecule has 0 fully saturated rings. The van der Waals surface area contributed by atoms with E-state index in [1.54, 1.807) is 16.7 Å². The second kappa shape index (κ2) is 8.98. The standard InChI is InChI=1S/C29H23BrFN3OS/c1-33(2)24-14-7-17(15-23(24)30)16-25-28(35)34-27(19-8-11-20(31)12-9-19)22-13-10-18-5-3-4-6-21(18)26(22)32-29(34)36-25/h3-9,11-12,14-16,27H,10,13H2,1-2H3/b25-16+/t27-/m1/s1. The summed E-state index contributed by atoms with van der Waals surface area (Å²) in [5.41, 5.74) is 7.25. The molecular formula is C29H23BrFN3OS. The van der Waals surface area contributed by atoms with E-state index in [0.29, 0.717) is 9.33 Å². The number of allylic oxidation sites excluding steroid dienone is 1. The number of halogens is 2. The molecule has 7 heteroatoms. The fourth-order valence-corrected chi connectivity index (χ4v) is 6.85. The molecule has 6 rings (SSSR count). The van der Waals surface area contributed by atoms with Crippen molar-refractivity contribution in [3.63, 3.8) is 0 Å². The minimum absolute atomic E-state index is 0.0775. The molecule has 0 saturated carbocycles. The zero-order valence-electron chi connectivity index (χ0n) is 19.8. The van der Waals surface area contributed by atoms with Crippen LogP contribution in [0.15, 0.2) is 86.6 Å². The van der Waals surface area contributed by atoms with E-state index in [1.165, 1.54) is 29.0 Å². The largest absolute Gasteiger partial charge is 0.377 e. The maximum Gasteiger partial charge on any atom is 0.271 e. The third-order valence-corrected chi connectivity index (χ3v) is 8.43. The van der Waals surface area contributed by atoms with Crippen molar-refractivity contribution in [3.8, 4) is 0 Å². The highest BCUT2D eigenvalue weighted by Gasteiger charge is 2.32. The highest BCUT2D eigenvalue weighted by atomic mass is 79.9. The van der Waals surface area contributed by atoms with Crippen LogP contribution in [0.4, 0.5) is 10.1 Å². The Labute approximate surface area is 220 Å². The monoisotopic (exact) mass is 559 g/mol. The van der Waals surface area contributed by atoms with Crippen LogP contribution in [0.2, 0.25) is 0 Å². The van der Waals surface area contributed by atoms with Gasteiger partial charge in [-0.3, -0.25) is 9.36 Å². The predicted octanol–water partition coefficient (Wildman–Crippen LogP) is 5.29. The third-order valence-electron chi connectivity index (χ3n) is 6.81. The normalized spacial score (nSPS) is 16.8. The molecule has 1 aliphatic carbocycles. The van der Waals surface area contributed by atoms with Crippen LogP contribution in [0.25, 0.3) is 11.8 Å². The number of anilines is 1. The van der Waals surface area contributed by atoms with Crippen molar-refractivity contribution in [1.82, 2.24) is 4.57 Å². The lowest BCUT2D eigenvalue weighted by molar-refractivity contribution is 0.581. The summed E-state index contributed by atoms with van der Waals surface area (Å²) in [4.78, 5) is 21.5. The second-order valence-corrected chi connectivity index (χ2v) is 11.1. The van der Waals surface area contributed by atoms with E-state index in [4.69, 9.17) is 4.99 Å². The van der Waals surface area contributed by atoms with Gasteiger partial charge in [0, 0.05) is 24.1 Å². The first-order valence-electron chi connectivity index (χ1n) is 11.8. The van der Waals surface area contributed by atoms with Gasteiger partial charge in [0.25, 0.3) is 5.56 Å². The van der Waals surface area contributed by atoms with Gasteiger partial charge < -0.3 is 4.90 Å². The summed E-state index contributed by atoms with van der Waals surface area (Å²) >= 11 is 5.04. The van der Waals surface area contributed by atoms with Gasteiger partial charge >= 0.3 is 0 Å². The zero-order valence-corrected chi connectivity index (χ0v) is 22.2. The maximum atomic E-state index is 13.8. The Morgan fingerprint density at radius 1 is 1.08 bits per heavy atom. The van der Waals surface area contributed by atoms with Crippen molar-refractivity contribution in [1.29, 1.82) is 0 Å². The van der Waals surface area contributed by atoms with Crippen LogP contribution in [0, 0.1) is 5.82 Å². The van der Waals surface area contributed by atoms with Gasteiger partial charge in [0.2, 0.25) is 0 Å². The number of aryl methyl sites for hydroxylation is 1. The summed E-state index contributed by atoms with van der Waals surface area (Å²) in [6, 6.07) is 20.6. The number of rotatable bonds is 3. The summed E-state index contributed by atoms with van der Waals surface area (Å²) in [5.74, 6) is -0.291. The molecule has 1 aliphatic heterocycles. The summed E-state index contributed by atoms with van der Waals surface area (Å²) in [6.07, 6.45) is 3.62. The van der Waals surface area contributed by atoms with Crippen LogP contribution in [0.1, 0.15) is 34.7 Å². The summed E-state index contributed by atoms with van der Waals surface area (Å²) in [5, 5.41) is 0. The van der Waals surface area contributed by atoms with E-state index >= 15 is 0 Å². The van der Waals surface area contributed by atoms with E-state index in [-0.39, 0.29) is 17.4 Å². The number of hydrogen-bond acceptors (Lipinski definition) is 4. The van der Waals surface area contributed by atoms with Crippen molar-refractivity contribution in [2.75, 3.05) is 19.0 Å². The fourth-order valence-electron chi connectivity index (χ4n) is 5.09. The summed E-state index contributed by atoms with van der Waals surface area (Å²) < 4.78 is 17.2. The number of fused-ring (bicyclic) bond motifs is 3. The Hall–Kier alpha value is -3.29. The molecule has 2 aliphatic rings. The van der Waals surface area contributed by atoms with Gasteiger partial charge in [-0.05, 0) is 81.4 Å². The lowest BCUT2D eigenvalue weighted by atomic mass is 9.83. The lowest BCUT2D eigenvalue weighted by Gasteiger charge is -2.30. The summed E-state index contributed by atoms with van der Waals surface area (Å²) in [7, 11) is 3.99. The second-order valence-electron chi connectivity index (χ2n) is 9.27. The number of aromatic nitrogens is 1. The number of hydrogen-bond donors (Lipinski definition) is 0. The molecule has 1 atom stereocenters. The molecule has 0 unspecified atom stereocenters. The van der Waals surface area contributed by atoms with Gasteiger partial charge in [-0.25, -0.2) is 9.38 Å². The Morgan fingerprint density at radius 3 is 2.61 bits per heavy atom. The highest BCUT2D eigenvalue weighted by Crippen LogP contribution is 2.41. The highest BCUT2D eigenvalue weighted by molar-refractivity contribution is 9.10. The number of thiazole rings is 1. The van der Waals surface area contributed by atoms with Gasteiger partial charge in [0.15, 0.2) is 4.80 Å². The van der Waals surface area contributed by atoms with Crippen LogP contribution in [-0.4, -0.2) is 18.7 Å². The average molecular weight is 560 g/mol. The summed E-state index contributed by atoms with van der Waals surface area (Å²) in [6.45, 7) is 0. The molecular weight excluding hydrogens is 537 g/mol. The Bertz CT molecular complexity index is 1720. The molecule has 0 N–H and O–H groups in total. The molecule has 1 aromatic heterocycles. The van der Waals surface area contributed by atoms with Gasteiger partial charge in [-0.2, -0.15) is 0 Å². The fraction of sp³-hybridized carbons (Fsp3) is 0.172. The molecule has 0 saturated heterocycles. The third kappa shape index (κ3) is 3.87. The smallest absolute Gasteiger partial charge is 0.271 e. The predicted molar refractivity (Wildman–Crippen MR) is 148 cm³/mol. The molecule has 2 heterocycles. The minimum Gasteiger partial charge on any atom is -0.377 e. The quantitative estimate of drug-likeness (QED) is 0.342. The van der Waals surface area contributed by atoms with Gasteiger partial charge in [-0.1, -0.05) is 53.8 Å². The van der Waals surface area contributed by atoms with Crippen LogP contribution >= 0.6 is 27.3 Å². The minimum atomic E-state index is -0.310. The van der Waals surface area contributed by atoms with Crippen LogP contribution in [0.5, 0.6) is 0 Å². The zero-order chi connectivity index (χ0) is 25.0. The molecule has 4 aromatic rings. The van der Waals surface area contributed by atoms with Crippen molar-refractivity contribution >= 4 is 44.7 Å². The van der Waals surface area contributed by atoms with Gasteiger partial charge in [0.05, 0.1) is 22.0 Å². The molecule has 36 heavy (non-hydrogen) atoms. The van der Waals surface area contributed by atoms with E-state index in [1.807, 2.05) is 49.3 Å². The molecule has 4 nitrogen and oxygen atoms in total. The topological polar surface area (TPSA) is 37.6 Å². The Balaban J connectivity index is 1.58. The Morgan fingerprint density at radius 2 is 1.86 bits per heavy atom. The van der Waals surface area contributed by atoms with Crippen LogP contribution in [0.3, 0.4) is 0 Å². The van der Waals surface area contributed by atoms with E-state index in [2.05, 4.69) is 34.1 Å². The molecule has 180 valence electrons. The molecule has 0 spiro atoms. The number of nitrogens with zero attached hydrogens (tertiary/aromatic N) is 3. The van der Waals surface area contributed by atoms with E-state index in [9.17, 15) is 9.18 Å². The SMILES string of the molecule is CN(C)c1ccc(/C=c2/sc3n(c2=O)[C@H](c2ccc(F)cc2)C2=C(N=3)c3ccccc3CC2)cc1Br. The van der Waals surface area contributed by atoms with Crippen molar-refractivity contribution in [3.05, 3.63) is 125 Å². The van der Waals surface area contributed by atoms with Crippen molar-refractivity contribution in [2.24, 2.45) is 4.99 Å². The maximum absolute atomic E-state index is 13.8. The van der Waals surface area contributed by atoms with Gasteiger partial charge in [-0.15, -0.1) is 0 Å². The van der Waals surface area contributed by atoms with E-state index in [0.717, 1.165) is 51.0 Å².